The second-order valence-corrected chi connectivity index (χ2v) is 6.89. The summed E-state index contributed by atoms with van der Waals surface area (Å²) in [4.78, 5) is 26.1. The summed E-state index contributed by atoms with van der Waals surface area (Å²) in [5, 5.41) is 5.81. The Labute approximate surface area is 148 Å². The number of hydrogen-bond donors (Lipinski definition) is 3. The van der Waals surface area contributed by atoms with Gasteiger partial charge in [0.15, 0.2) is 13.1 Å². The van der Waals surface area contributed by atoms with Gasteiger partial charge in [0.25, 0.3) is 11.8 Å². The molecule has 0 bridgehead atoms. The molecule has 0 aromatic heterocycles. The molecule has 3 N–H and O–H groups in total. The number of carbonyl (C=O) groups is 2. The van der Waals surface area contributed by atoms with Gasteiger partial charge in [0.05, 0.1) is 12.2 Å². The van der Waals surface area contributed by atoms with E-state index in [0.29, 0.717) is 13.1 Å². The Kier molecular flexibility index (Phi) is 9.19. The van der Waals surface area contributed by atoms with Crippen LogP contribution in [0.4, 0.5) is 5.69 Å². The molecule has 1 aromatic carbocycles. The van der Waals surface area contributed by atoms with Crippen molar-refractivity contribution >= 4 is 29.3 Å². The first-order chi connectivity index (χ1) is 11.5. The van der Waals surface area contributed by atoms with Crippen LogP contribution in [0.1, 0.15) is 20.8 Å². The van der Waals surface area contributed by atoms with E-state index in [2.05, 4.69) is 17.2 Å². The number of amides is 2. The smallest absolute Gasteiger partial charge is 0.279 e. The van der Waals surface area contributed by atoms with Gasteiger partial charge in [0.1, 0.15) is 0 Å². The fourth-order valence-electron chi connectivity index (χ4n) is 2.18. The van der Waals surface area contributed by atoms with E-state index in [1.165, 1.54) is 0 Å². The molecule has 1 rings (SSSR count). The molecule has 0 radical (unpaired) electrons. The lowest BCUT2D eigenvalue weighted by atomic mass is 10.3. The van der Waals surface area contributed by atoms with Gasteiger partial charge in [0, 0.05) is 16.7 Å². The highest BCUT2D eigenvalue weighted by Gasteiger charge is 2.17. The maximum atomic E-state index is 12.3. The number of carbonyl (C=O) groups excluding carboxylic acids is 2. The highest BCUT2D eigenvalue weighted by molar-refractivity contribution is 7.99. The lowest BCUT2D eigenvalue weighted by Gasteiger charge is -2.18. The number of likely N-dealkylation sites (N-methyl/N-ethyl adjacent to an activating group) is 1. The molecule has 1 atom stereocenters. The molecule has 1 aromatic rings. The van der Waals surface area contributed by atoms with Crippen LogP contribution in [0.25, 0.3) is 0 Å². The average Bonchev–Trinajstić information content (AvgIpc) is 2.52. The molecule has 0 aliphatic carbocycles. The van der Waals surface area contributed by atoms with Crippen molar-refractivity contribution in [2.24, 2.45) is 0 Å². The van der Waals surface area contributed by atoms with Crippen molar-refractivity contribution in [1.82, 2.24) is 5.32 Å². The number of nitrogens with one attached hydrogen (secondary N) is 3. The number of para-hydroxylation sites is 1. The Hall–Kier alpha value is -1.79. The summed E-state index contributed by atoms with van der Waals surface area (Å²) in [6.45, 7) is 10.8. The van der Waals surface area contributed by atoms with Crippen LogP contribution in [0.2, 0.25) is 0 Å². The molecular weight excluding hydrogens is 322 g/mol. The monoisotopic (exact) mass is 350 g/mol. The maximum absolute atomic E-state index is 12.3. The molecule has 5 nitrogen and oxygen atoms in total. The molecule has 0 heterocycles. The van der Waals surface area contributed by atoms with Gasteiger partial charge < -0.3 is 15.5 Å². The predicted molar refractivity (Wildman–Crippen MR) is 101 cm³/mol. The van der Waals surface area contributed by atoms with Crippen LogP contribution >= 0.6 is 11.8 Å². The minimum atomic E-state index is -0.0872. The van der Waals surface area contributed by atoms with Gasteiger partial charge in [-0.2, -0.15) is 0 Å². The van der Waals surface area contributed by atoms with E-state index >= 15 is 0 Å². The second-order valence-electron chi connectivity index (χ2n) is 5.82. The molecule has 0 spiro atoms. The molecule has 0 aliphatic rings. The predicted octanol–water partition coefficient (Wildman–Crippen LogP) is 1.33. The first-order valence-electron chi connectivity index (χ1n) is 8.21. The average molecular weight is 351 g/mol. The number of hydrogen-bond acceptors (Lipinski definition) is 3. The molecule has 0 aliphatic heterocycles. The molecule has 0 saturated carbocycles. The van der Waals surface area contributed by atoms with Gasteiger partial charge in [0.2, 0.25) is 0 Å². The fourth-order valence-corrected chi connectivity index (χ4v) is 2.93. The molecule has 2 amide bonds. The van der Waals surface area contributed by atoms with Gasteiger partial charge in [-0.05, 0) is 32.9 Å². The minimum Gasteiger partial charge on any atom is -0.349 e. The van der Waals surface area contributed by atoms with Crippen molar-refractivity contribution in [2.75, 3.05) is 30.7 Å². The molecular formula is C18H28N3O2S+. The molecule has 1 unspecified atom stereocenters. The fraction of sp³-hybridized carbons (Fsp3) is 0.444. The molecule has 0 saturated heterocycles. The zero-order valence-corrected chi connectivity index (χ0v) is 15.5. The quantitative estimate of drug-likeness (QED) is 0.441. The van der Waals surface area contributed by atoms with E-state index < -0.39 is 0 Å². The summed E-state index contributed by atoms with van der Waals surface area (Å²) in [5.41, 5.74) is 0.802. The summed E-state index contributed by atoms with van der Waals surface area (Å²) in [6, 6.07) is 7.82. The summed E-state index contributed by atoms with van der Waals surface area (Å²) in [5.74, 6) is 0.668. The lowest BCUT2D eigenvalue weighted by molar-refractivity contribution is -0.881. The van der Waals surface area contributed by atoms with Gasteiger partial charge in [-0.3, -0.25) is 9.59 Å². The van der Waals surface area contributed by atoms with Gasteiger partial charge in [-0.25, -0.2) is 0 Å². The van der Waals surface area contributed by atoms with Crippen LogP contribution in [-0.4, -0.2) is 43.2 Å². The van der Waals surface area contributed by atoms with Crippen molar-refractivity contribution in [3.63, 3.8) is 0 Å². The van der Waals surface area contributed by atoms with Crippen LogP contribution in [0.3, 0.4) is 0 Å². The Morgan fingerprint density at radius 2 is 1.92 bits per heavy atom. The van der Waals surface area contributed by atoms with E-state index in [1.54, 1.807) is 11.8 Å². The normalized spacial score (nSPS) is 11.8. The van der Waals surface area contributed by atoms with Crippen LogP contribution in [0, 0.1) is 0 Å². The maximum Gasteiger partial charge on any atom is 0.279 e. The van der Waals surface area contributed by atoms with Crippen LogP contribution in [0.5, 0.6) is 0 Å². The van der Waals surface area contributed by atoms with E-state index in [4.69, 9.17) is 0 Å². The van der Waals surface area contributed by atoms with E-state index in [0.717, 1.165) is 21.2 Å². The number of benzene rings is 1. The van der Waals surface area contributed by atoms with Gasteiger partial charge in [-0.15, -0.1) is 18.3 Å². The van der Waals surface area contributed by atoms with Crippen molar-refractivity contribution in [2.45, 2.75) is 31.7 Å². The van der Waals surface area contributed by atoms with Gasteiger partial charge in [-0.1, -0.05) is 18.2 Å². The van der Waals surface area contributed by atoms with Gasteiger partial charge >= 0.3 is 0 Å². The Balaban J connectivity index is 2.60. The summed E-state index contributed by atoms with van der Waals surface area (Å²) in [7, 11) is 0. The summed E-state index contributed by atoms with van der Waals surface area (Å²) < 4.78 is 0. The zero-order valence-electron chi connectivity index (χ0n) is 14.7. The first kappa shape index (κ1) is 20.3. The van der Waals surface area contributed by atoms with E-state index in [1.807, 2.05) is 51.1 Å². The SMILES string of the molecule is C=CCSc1ccccc1NC(=O)C[NH+](CC)CC(=O)NC(C)C. The number of quaternary nitrogens is 1. The van der Waals surface area contributed by atoms with Crippen LogP contribution in [-0.2, 0) is 9.59 Å². The van der Waals surface area contributed by atoms with Crippen molar-refractivity contribution in [3.8, 4) is 0 Å². The van der Waals surface area contributed by atoms with Crippen LogP contribution < -0.4 is 15.5 Å². The number of anilines is 1. The van der Waals surface area contributed by atoms with E-state index in [-0.39, 0.29) is 24.4 Å². The minimum absolute atomic E-state index is 0.0309. The largest absolute Gasteiger partial charge is 0.349 e. The highest BCUT2D eigenvalue weighted by Crippen LogP contribution is 2.26. The third-order valence-electron chi connectivity index (χ3n) is 3.29. The molecule has 24 heavy (non-hydrogen) atoms. The summed E-state index contributed by atoms with van der Waals surface area (Å²) in [6.07, 6.45) is 1.83. The molecule has 0 fully saturated rings. The molecule has 6 heteroatoms. The van der Waals surface area contributed by atoms with E-state index in [9.17, 15) is 9.59 Å². The Bertz CT molecular complexity index is 561. The Morgan fingerprint density at radius 3 is 2.54 bits per heavy atom. The highest BCUT2D eigenvalue weighted by atomic mass is 32.2. The third-order valence-corrected chi connectivity index (χ3v) is 4.36. The zero-order chi connectivity index (χ0) is 17.9. The lowest BCUT2D eigenvalue weighted by Crippen LogP contribution is -3.14. The van der Waals surface area contributed by atoms with Crippen molar-refractivity contribution in [3.05, 3.63) is 36.9 Å². The van der Waals surface area contributed by atoms with Crippen LogP contribution in [0.15, 0.2) is 41.8 Å². The summed E-state index contributed by atoms with van der Waals surface area (Å²) >= 11 is 1.63. The standard InChI is InChI=1S/C18H27N3O2S/c1-5-11-24-16-10-8-7-9-15(16)20-18(23)13-21(6-2)12-17(22)19-14(3)4/h5,7-10,14H,1,6,11-13H2,2-4H3,(H,19,22)(H,20,23)/p+1. The first-order valence-corrected chi connectivity index (χ1v) is 9.20. The second kappa shape index (κ2) is 10.9. The van der Waals surface area contributed by atoms with Crippen molar-refractivity contribution in [1.29, 1.82) is 0 Å². The third kappa shape index (κ3) is 7.66. The molecule has 132 valence electrons. The topological polar surface area (TPSA) is 62.6 Å². The van der Waals surface area contributed by atoms with Crippen molar-refractivity contribution < 1.29 is 14.5 Å². The number of rotatable bonds is 10. The number of thioether (sulfide) groups is 1. The Morgan fingerprint density at radius 1 is 1.25 bits per heavy atom.